The largest absolute Gasteiger partial charge is 0.308 e. The first kappa shape index (κ1) is 53.0. The highest BCUT2D eigenvalue weighted by molar-refractivity contribution is 6.11. The minimum Gasteiger partial charge on any atom is -0.308 e. The van der Waals surface area contributed by atoms with Crippen molar-refractivity contribution in [2.45, 2.75) is 0 Å². The van der Waals surface area contributed by atoms with Gasteiger partial charge in [0.15, 0.2) is 0 Å². The van der Waals surface area contributed by atoms with E-state index in [2.05, 4.69) is 384 Å². The molecule has 0 aliphatic rings. The van der Waals surface area contributed by atoms with Crippen molar-refractivity contribution in [1.29, 1.82) is 0 Å². The Bertz CT molecular complexity index is 4900. The van der Waals surface area contributed by atoms with Crippen LogP contribution in [0.15, 0.2) is 364 Å². The molecule has 0 N–H and O–H groups in total. The normalized spacial score (nSPS) is 11.2. The van der Waals surface area contributed by atoms with Gasteiger partial charge in [-0.25, -0.2) is 0 Å². The first-order valence-electron chi connectivity index (χ1n) is 30.1. The molecule has 0 saturated heterocycles. The number of hydrogen-bond acceptors (Lipinski definition) is 4. The number of rotatable bonds is 15. The Morgan fingerprint density at radius 3 is 0.716 bits per heavy atom. The highest BCUT2D eigenvalue weighted by Crippen LogP contribution is 2.60. The summed E-state index contributed by atoms with van der Waals surface area (Å²) in [6.07, 6.45) is 0. The fourth-order valence-corrected chi connectivity index (χ4v) is 12.7. The molecule has 0 amide bonds. The van der Waals surface area contributed by atoms with Gasteiger partial charge in [0, 0.05) is 45.1 Å². The third-order valence-electron chi connectivity index (χ3n) is 16.7. The van der Waals surface area contributed by atoms with Crippen molar-refractivity contribution in [2.24, 2.45) is 0 Å². The first-order valence-corrected chi connectivity index (χ1v) is 30.1. The summed E-state index contributed by atoms with van der Waals surface area (Å²) in [4.78, 5) is 10.0. The van der Waals surface area contributed by atoms with Gasteiger partial charge < -0.3 is 19.6 Å². The number of nitrogens with zero attached hydrogens (tertiary/aromatic N) is 4. The molecule has 0 spiro atoms. The van der Waals surface area contributed by atoms with E-state index in [9.17, 15) is 0 Å². The molecule has 4 heteroatoms. The Morgan fingerprint density at radius 1 is 0.148 bits per heavy atom. The van der Waals surface area contributed by atoms with Crippen molar-refractivity contribution >= 4 is 101 Å². The van der Waals surface area contributed by atoms with Crippen LogP contribution in [0.3, 0.4) is 0 Å². The lowest BCUT2D eigenvalue weighted by Crippen LogP contribution is -2.24. The number of benzene rings is 15. The number of para-hydroxylation sites is 8. The summed E-state index contributed by atoms with van der Waals surface area (Å²) < 4.78 is 0. The van der Waals surface area contributed by atoms with Gasteiger partial charge in [-0.1, -0.05) is 255 Å². The number of hydrogen-bond donors (Lipinski definition) is 0. The molecule has 416 valence electrons. The highest BCUT2D eigenvalue weighted by atomic mass is 15.3. The zero-order valence-corrected chi connectivity index (χ0v) is 48.4. The Kier molecular flexibility index (Phi) is 14.3. The fourth-order valence-electron chi connectivity index (χ4n) is 12.7. The maximum atomic E-state index is 2.54. The van der Waals surface area contributed by atoms with Gasteiger partial charge in [0.05, 0.1) is 39.8 Å². The summed E-state index contributed by atoms with van der Waals surface area (Å²) in [6.45, 7) is 0. The van der Waals surface area contributed by atoms with Crippen molar-refractivity contribution in [3.05, 3.63) is 364 Å². The number of anilines is 12. The summed E-state index contributed by atoms with van der Waals surface area (Å²) in [7, 11) is 0. The van der Waals surface area contributed by atoms with Crippen LogP contribution in [0, 0.1) is 0 Å². The lowest BCUT2D eigenvalue weighted by atomic mass is 9.96. The third kappa shape index (κ3) is 10.1. The molecule has 88 heavy (non-hydrogen) atoms. The van der Waals surface area contributed by atoms with E-state index in [0.29, 0.717) is 0 Å². The smallest absolute Gasteiger partial charge is 0.0968 e. The van der Waals surface area contributed by atoms with E-state index in [1.165, 1.54) is 32.3 Å². The maximum absolute atomic E-state index is 2.54. The minimum atomic E-state index is 0.933. The summed E-state index contributed by atoms with van der Waals surface area (Å²) in [5.41, 5.74) is 18.3. The average molecular weight is 1130 g/mol. The molecule has 0 heterocycles. The van der Waals surface area contributed by atoms with Gasteiger partial charge in [-0.15, -0.1) is 0 Å². The van der Waals surface area contributed by atoms with Crippen molar-refractivity contribution < 1.29 is 0 Å². The molecule has 0 fully saturated rings. The van der Waals surface area contributed by atoms with Crippen LogP contribution in [0.25, 0.3) is 65.7 Å². The topological polar surface area (TPSA) is 13.0 Å². The van der Waals surface area contributed by atoms with Crippen LogP contribution in [-0.4, -0.2) is 0 Å². The van der Waals surface area contributed by atoms with Gasteiger partial charge in [-0.2, -0.15) is 0 Å². The molecule has 0 bridgehead atoms. The van der Waals surface area contributed by atoms with Crippen molar-refractivity contribution in [3.8, 4) is 33.4 Å². The molecule has 4 nitrogen and oxygen atoms in total. The second-order valence-corrected chi connectivity index (χ2v) is 22.1. The lowest BCUT2D eigenvalue weighted by molar-refractivity contribution is 1.17. The summed E-state index contributed by atoms with van der Waals surface area (Å²) in [5.74, 6) is 0. The van der Waals surface area contributed by atoms with Crippen LogP contribution in [-0.2, 0) is 0 Å². The van der Waals surface area contributed by atoms with E-state index in [1.807, 2.05) is 0 Å². The van der Waals surface area contributed by atoms with Gasteiger partial charge in [0.2, 0.25) is 0 Å². The van der Waals surface area contributed by atoms with Crippen molar-refractivity contribution in [3.63, 3.8) is 0 Å². The van der Waals surface area contributed by atoms with Crippen LogP contribution in [0.5, 0.6) is 0 Å². The molecule has 0 aliphatic carbocycles. The van der Waals surface area contributed by atoms with Gasteiger partial charge in [0.25, 0.3) is 0 Å². The van der Waals surface area contributed by atoms with E-state index in [-0.39, 0.29) is 0 Å². The lowest BCUT2D eigenvalue weighted by Gasteiger charge is -2.41. The van der Waals surface area contributed by atoms with Crippen LogP contribution in [0.1, 0.15) is 0 Å². The molecular weight excluding hydrogens is 1060 g/mol. The van der Waals surface area contributed by atoms with Crippen LogP contribution in [0.4, 0.5) is 68.2 Å². The van der Waals surface area contributed by atoms with Crippen molar-refractivity contribution in [1.82, 2.24) is 0 Å². The molecule has 15 aromatic carbocycles. The minimum absolute atomic E-state index is 0.933. The Labute approximate surface area is 514 Å². The standard InChI is InChI=1S/C84H60N4/c1-6-34-70(35-7-1)85(71-36-8-2-9-37-71)81-56-57-82(86(72-38-10-3-11-39-72)78-47-25-22-44-75(78)67-53-50-61-28-16-19-31-64(61)58-67)84(88(74-42-14-5-15-43-74)80-49-27-24-46-77(80)69-55-52-63-30-18-21-33-66(63)60-69)83(81)87(73-40-12-4-13-41-73)79-48-26-23-45-76(79)68-54-51-62-29-17-20-32-65(62)59-68/h1-60H. The molecule has 0 aliphatic heterocycles. The van der Waals surface area contributed by atoms with E-state index in [1.54, 1.807) is 0 Å². The monoisotopic (exact) mass is 1120 g/mol. The molecule has 15 rings (SSSR count). The van der Waals surface area contributed by atoms with Gasteiger partial charge in [0.1, 0.15) is 0 Å². The van der Waals surface area contributed by atoms with Crippen molar-refractivity contribution in [2.75, 3.05) is 19.6 Å². The Balaban J connectivity index is 1.14. The molecule has 0 unspecified atom stereocenters. The van der Waals surface area contributed by atoms with E-state index >= 15 is 0 Å². The van der Waals surface area contributed by atoms with Crippen LogP contribution < -0.4 is 19.6 Å². The summed E-state index contributed by atoms with van der Waals surface area (Å²) in [5, 5.41) is 7.10. The second kappa shape index (κ2) is 23.7. The maximum Gasteiger partial charge on any atom is 0.0968 e. The van der Waals surface area contributed by atoms with Gasteiger partial charge >= 0.3 is 0 Å². The zero-order chi connectivity index (χ0) is 58.6. The van der Waals surface area contributed by atoms with E-state index < -0.39 is 0 Å². The molecular formula is C84H60N4. The predicted octanol–water partition coefficient (Wildman–Crippen LogP) is 24.0. The highest BCUT2D eigenvalue weighted by Gasteiger charge is 2.35. The Hall–Kier alpha value is -11.7. The van der Waals surface area contributed by atoms with E-state index in [0.717, 1.165) is 102 Å². The molecule has 0 radical (unpaired) electrons. The summed E-state index contributed by atoms with van der Waals surface area (Å²) >= 11 is 0. The first-order chi connectivity index (χ1) is 43.7. The van der Waals surface area contributed by atoms with Gasteiger partial charge in [-0.05, 0) is 158 Å². The quantitative estimate of drug-likeness (QED) is 0.101. The third-order valence-corrected chi connectivity index (χ3v) is 16.7. The van der Waals surface area contributed by atoms with Gasteiger partial charge in [-0.3, -0.25) is 0 Å². The van der Waals surface area contributed by atoms with E-state index in [4.69, 9.17) is 0 Å². The molecule has 15 aromatic rings. The second-order valence-electron chi connectivity index (χ2n) is 22.1. The molecule has 0 atom stereocenters. The number of fused-ring (bicyclic) bond motifs is 3. The fraction of sp³-hybridized carbons (Fsp3) is 0. The van der Waals surface area contributed by atoms with Crippen LogP contribution >= 0.6 is 0 Å². The predicted molar refractivity (Wildman–Crippen MR) is 374 cm³/mol. The zero-order valence-electron chi connectivity index (χ0n) is 48.4. The average Bonchev–Trinajstić information content (AvgIpc) is 0.914. The Morgan fingerprint density at radius 2 is 0.386 bits per heavy atom. The molecule has 0 saturated carbocycles. The summed E-state index contributed by atoms with van der Waals surface area (Å²) in [6, 6.07) is 133. The molecule has 0 aromatic heterocycles. The SMILES string of the molecule is c1ccc(N(c2ccccc2)c2ccc(N(c3ccccc3)c3ccccc3-c3ccc4ccccc4c3)c(N(c3ccccc3)c3ccccc3-c3ccc4ccccc4c3)c2N(c2ccccc2)c2ccccc2-c2ccc3ccccc3c2)cc1. The van der Waals surface area contributed by atoms with Crippen LogP contribution in [0.2, 0.25) is 0 Å².